The molecule has 2 heteroatoms. The zero-order valence-corrected chi connectivity index (χ0v) is 6.78. The first-order valence-corrected chi connectivity index (χ1v) is 3.67. The first-order valence-electron chi connectivity index (χ1n) is 5.17. The minimum absolute atomic E-state index is 0.542. The van der Waals surface area contributed by atoms with E-state index in [1.165, 1.54) is 0 Å². The Morgan fingerprint density at radius 1 is 1.50 bits per heavy atom. The predicted octanol–water partition coefficient (Wildman–Crippen LogP) is 2.31. The number of benzene rings is 1. The molecule has 0 radical (unpaired) electrons. The van der Waals surface area contributed by atoms with Crippen LogP contribution in [0.4, 0.5) is 0 Å². The standard InChI is InChI=1S/C10H12O2/c1-8(12-9(2)11)10-6-4-3-5-7-10/h3-8H,1-2H3/t8-/m1/s1/i2D3. The van der Waals surface area contributed by atoms with E-state index in [0.29, 0.717) is 0 Å². The van der Waals surface area contributed by atoms with Gasteiger partial charge < -0.3 is 4.74 Å². The molecule has 1 atom stereocenters. The van der Waals surface area contributed by atoms with Gasteiger partial charge in [-0.15, -0.1) is 0 Å². The van der Waals surface area contributed by atoms with Crippen molar-refractivity contribution in [2.24, 2.45) is 0 Å². The molecule has 0 unspecified atom stereocenters. The Bertz CT molecular complexity index is 332. The Kier molecular flexibility index (Phi) is 1.74. The van der Waals surface area contributed by atoms with Gasteiger partial charge in [-0.25, -0.2) is 0 Å². The van der Waals surface area contributed by atoms with Gasteiger partial charge >= 0.3 is 5.97 Å². The highest BCUT2D eigenvalue weighted by Gasteiger charge is 2.06. The summed E-state index contributed by atoms with van der Waals surface area (Å²) in [5.74, 6) is -1.17. The minimum Gasteiger partial charge on any atom is -0.458 e. The van der Waals surface area contributed by atoms with Gasteiger partial charge in [0.25, 0.3) is 0 Å². The fourth-order valence-electron chi connectivity index (χ4n) is 0.953. The predicted molar refractivity (Wildman–Crippen MR) is 46.6 cm³/mol. The molecule has 0 amide bonds. The lowest BCUT2D eigenvalue weighted by Gasteiger charge is -2.11. The molecule has 0 aliphatic rings. The van der Waals surface area contributed by atoms with Gasteiger partial charge in [-0.1, -0.05) is 30.3 Å². The van der Waals surface area contributed by atoms with Crippen LogP contribution in [0.5, 0.6) is 0 Å². The third-order valence-corrected chi connectivity index (χ3v) is 1.55. The number of hydrogen-bond acceptors (Lipinski definition) is 2. The van der Waals surface area contributed by atoms with E-state index >= 15 is 0 Å². The summed E-state index contributed by atoms with van der Waals surface area (Å²) in [6.07, 6.45) is -0.542. The molecular weight excluding hydrogens is 152 g/mol. The van der Waals surface area contributed by atoms with Gasteiger partial charge in [0.1, 0.15) is 6.10 Å². The van der Waals surface area contributed by atoms with Crippen LogP contribution in [-0.2, 0) is 9.53 Å². The highest BCUT2D eigenvalue weighted by molar-refractivity contribution is 5.66. The topological polar surface area (TPSA) is 26.3 Å². The molecule has 1 aromatic carbocycles. The maximum atomic E-state index is 11.1. The maximum Gasteiger partial charge on any atom is 0.303 e. The van der Waals surface area contributed by atoms with Gasteiger partial charge in [-0.2, -0.15) is 0 Å². The van der Waals surface area contributed by atoms with Crippen molar-refractivity contribution >= 4 is 5.97 Å². The molecule has 64 valence electrons. The van der Waals surface area contributed by atoms with E-state index < -0.39 is 18.9 Å². The van der Waals surface area contributed by atoms with E-state index in [4.69, 9.17) is 8.85 Å². The van der Waals surface area contributed by atoms with E-state index in [1.807, 2.05) is 6.07 Å². The van der Waals surface area contributed by atoms with Crippen molar-refractivity contribution in [1.29, 1.82) is 0 Å². The lowest BCUT2D eigenvalue weighted by Crippen LogP contribution is -2.04. The minimum atomic E-state index is -2.69. The van der Waals surface area contributed by atoms with Gasteiger partial charge in [-0.05, 0) is 12.5 Å². The molecule has 0 bridgehead atoms. The number of rotatable bonds is 2. The molecule has 0 saturated heterocycles. The average Bonchev–Trinajstić information content (AvgIpc) is 2.17. The second kappa shape index (κ2) is 3.90. The number of ether oxygens (including phenoxy) is 1. The Morgan fingerprint density at radius 3 is 2.75 bits per heavy atom. The monoisotopic (exact) mass is 167 g/mol. The molecular formula is C10H12O2. The molecule has 0 spiro atoms. The summed E-state index contributed by atoms with van der Waals surface area (Å²) in [5, 5.41) is 0. The van der Waals surface area contributed by atoms with Crippen LogP contribution in [-0.4, -0.2) is 5.97 Å². The van der Waals surface area contributed by atoms with Crippen molar-refractivity contribution in [3.63, 3.8) is 0 Å². The SMILES string of the molecule is [2H]C([2H])([2H])C(=O)O[C@H](C)c1ccccc1. The molecule has 1 aromatic rings. The zero-order chi connectivity index (χ0) is 11.5. The van der Waals surface area contributed by atoms with Crippen molar-refractivity contribution in [3.8, 4) is 0 Å². The van der Waals surface area contributed by atoms with E-state index in [9.17, 15) is 4.79 Å². The second-order valence-electron chi connectivity index (χ2n) is 2.46. The molecule has 0 heterocycles. The van der Waals surface area contributed by atoms with Gasteiger partial charge in [-0.3, -0.25) is 4.79 Å². The highest BCUT2D eigenvalue weighted by atomic mass is 16.5. The smallest absolute Gasteiger partial charge is 0.303 e. The third-order valence-electron chi connectivity index (χ3n) is 1.55. The van der Waals surface area contributed by atoms with E-state index in [-0.39, 0.29) is 0 Å². The lowest BCUT2D eigenvalue weighted by molar-refractivity contribution is -0.145. The molecule has 0 N–H and O–H groups in total. The molecule has 2 nitrogen and oxygen atoms in total. The second-order valence-corrected chi connectivity index (χ2v) is 2.46. The van der Waals surface area contributed by atoms with Crippen LogP contribution < -0.4 is 0 Å². The number of esters is 1. The Labute approximate surface area is 76.4 Å². The summed E-state index contributed by atoms with van der Waals surface area (Å²) in [6.45, 7) is -1.05. The fraction of sp³-hybridized carbons (Fsp3) is 0.300. The number of carbonyl (C=O) groups excluding carboxylic acids is 1. The van der Waals surface area contributed by atoms with E-state index in [0.717, 1.165) is 5.56 Å². The molecule has 1 rings (SSSR count). The summed E-state index contributed by atoms with van der Waals surface area (Å²) >= 11 is 0. The Morgan fingerprint density at radius 2 is 2.17 bits per heavy atom. The lowest BCUT2D eigenvalue weighted by atomic mass is 10.1. The van der Waals surface area contributed by atoms with Gasteiger partial charge in [0.2, 0.25) is 0 Å². The van der Waals surface area contributed by atoms with E-state index in [2.05, 4.69) is 0 Å². The van der Waals surface area contributed by atoms with Gasteiger partial charge in [0.15, 0.2) is 0 Å². The van der Waals surface area contributed by atoms with Crippen molar-refractivity contribution < 1.29 is 13.6 Å². The van der Waals surface area contributed by atoms with Gasteiger partial charge in [0, 0.05) is 11.0 Å². The summed E-state index contributed by atoms with van der Waals surface area (Å²) in [4.78, 5) is 11.1. The molecule has 0 aromatic heterocycles. The molecule has 12 heavy (non-hydrogen) atoms. The quantitative estimate of drug-likeness (QED) is 0.632. The summed E-state index contributed by atoms with van der Waals surface area (Å²) in [5.41, 5.74) is 0.773. The first-order chi connectivity index (χ1) is 6.91. The zero-order valence-electron chi connectivity index (χ0n) is 9.78. The van der Waals surface area contributed by atoms with Crippen molar-refractivity contribution in [2.75, 3.05) is 0 Å². The van der Waals surface area contributed by atoms with Crippen LogP contribution in [0.15, 0.2) is 30.3 Å². The van der Waals surface area contributed by atoms with Crippen LogP contribution >= 0.6 is 0 Å². The van der Waals surface area contributed by atoms with E-state index in [1.54, 1.807) is 31.2 Å². The van der Waals surface area contributed by atoms with Crippen LogP contribution in [0.25, 0.3) is 0 Å². The summed E-state index contributed by atoms with van der Waals surface area (Å²) < 4.78 is 25.4. The Balaban J connectivity index is 2.65. The normalized spacial score (nSPS) is 16.9. The third kappa shape index (κ3) is 2.38. The van der Waals surface area contributed by atoms with Crippen molar-refractivity contribution in [2.45, 2.75) is 19.9 Å². The molecule has 0 fully saturated rings. The van der Waals surface area contributed by atoms with Crippen LogP contribution in [0.1, 0.15) is 29.6 Å². The number of carbonyl (C=O) groups is 1. The molecule has 0 aliphatic carbocycles. The highest BCUT2D eigenvalue weighted by Crippen LogP contribution is 2.15. The summed E-state index contributed by atoms with van der Waals surface area (Å²) in [6, 6.07) is 8.99. The van der Waals surface area contributed by atoms with Crippen molar-refractivity contribution in [3.05, 3.63) is 35.9 Å². The fourth-order valence-corrected chi connectivity index (χ4v) is 0.953. The largest absolute Gasteiger partial charge is 0.458 e. The maximum absolute atomic E-state index is 11.1. The molecule has 0 saturated carbocycles. The average molecular weight is 167 g/mol. The first kappa shape index (κ1) is 5.36. The van der Waals surface area contributed by atoms with Gasteiger partial charge in [0.05, 0.1) is 0 Å². The Hall–Kier alpha value is -1.31. The van der Waals surface area contributed by atoms with Crippen LogP contribution in [0.3, 0.4) is 0 Å². The van der Waals surface area contributed by atoms with Crippen LogP contribution in [0.2, 0.25) is 0 Å². The molecule has 0 aliphatic heterocycles. The summed E-state index contributed by atoms with van der Waals surface area (Å²) in [7, 11) is 0. The van der Waals surface area contributed by atoms with Crippen molar-refractivity contribution in [1.82, 2.24) is 0 Å². The number of hydrogen-bond donors (Lipinski definition) is 0. The van der Waals surface area contributed by atoms with Crippen LogP contribution in [0, 0.1) is 0 Å².